The Labute approximate surface area is 241 Å². The first kappa shape index (κ1) is 26.9. The molecule has 1 amide bonds. The molecule has 3 aromatic carbocycles. The molecule has 4 rings (SSSR count). The van der Waals surface area contributed by atoms with Gasteiger partial charge in [0.2, 0.25) is 0 Å². The Morgan fingerprint density at radius 3 is 2.32 bits per heavy atom. The van der Waals surface area contributed by atoms with Crippen LogP contribution in [0.5, 0.6) is 5.75 Å². The smallest absolute Gasteiger partial charge is 0.269 e. The van der Waals surface area contributed by atoms with Crippen LogP contribution in [0.1, 0.15) is 11.1 Å². The van der Waals surface area contributed by atoms with Crippen molar-refractivity contribution in [2.24, 2.45) is 0 Å². The molecule has 188 valence electrons. The molecule has 1 saturated heterocycles. The maximum absolute atomic E-state index is 13.1. The third kappa shape index (κ3) is 6.78. The molecule has 0 spiro atoms. The van der Waals surface area contributed by atoms with E-state index in [4.69, 9.17) is 4.74 Å². The number of hydrogen-bond acceptors (Lipinski definition) is 6. The minimum absolute atomic E-state index is 0.0150. The summed E-state index contributed by atoms with van der Waals surface area (Å²) >= 11 is 4.30. The Bertz CT molecular complexity index is 1360. The lowest BCUT2D eigenvalue weighted by molar-refractivity contribution is -0.384. The van der Waals surface area contributed by atoms with Crippen LogP contribution >= 0.6 is 45.2 Å². The molecule has 37 heavy (non-hydrogen) atoms. The number of para-hydroxylation sites is 1. The number of nitriles is 1. The first-order chi connectivity index (χ1) is 17.9. The SMILES string of the molecule is N#C/C(=C/c1cc(I)c(OCc2cccc([N+](=O)[O-])c2)c(I)c1)C(=O)N1CCN(c2ccccc2)CC1. The number of piperazine rings is 1. The molecule has 10 heteroatoms. The van der Waals surface area contributed by atoms with Crippen LogP contribution in [0, 0.1) is 28.6 Å². The average Bonchev–Trinajstić information content (AvgIpc) is 2.91. The van der Waals surface area contributed by atoms with E-state index >= 15 is 0 Å². The summed E-state index contributed by atoms with van der Waals surface area (Å²) in [6.45, 7) is 2.69. The van der Waals surface area contributed by atoms with E-state index in [9.17, 15) is 20.2 Å². The zero-order valence-electron chi connectivity index (χ0n) is 19.6. The number of non-ortho nitro benzene ring substituents is 1. The second-order valence-corrected chi connectivity index (χ2v) is 10.6. The van der Waals surface area contributed by atoms with Crippen LogP contribution in [0.15, 0.2) is 72.3 Å². The van der Waals surface area contributed by atoms with E-state index in [0.717, 1.165) is 18.4 Å². The maximum atomic E-state index is 13.1. The van der Waals surface area contributed by atoms with E-state index in [1.165, 1.54) is 12.1 Å². The normalized spacial score (nSPS) is 13.7. The summed E-state index contributed by atoms with van der Waals surface area (Å²) < 4.78 is 7.58. The van der Waals surface area contributed by atoms with Gasteiger partial charge in [0.05, 0.1) is 12.1 Å². The molecule has 0 bridgehead atoms. The number of amides is 1. The molecule has 0 saturated carbocycles. The lowest BCUT2D eigenvalue weighted by Crippen LogP contribution is -2.49. The zero-order valence-corrected chi connectivity index (χ0v) is 24.0. The number of carbonyl (C=O) groups excluding carboxylic acids is 1. The van der Waals surface area contributed by atoms with E-state index in [0.29, 0.717) is 37.5 Å². The van der Waals surface area contributed by atoms with Crippen LogP contribution in [-0.4, -0.2) is 41.9 Å². The Balaban J connectivity index is 1.43. The number of rotatable bonds is 7. The maximum Gasteiger partial charge on any atom is 0.269 e. The Hall–Kier alpha value is -3.18. The quantitative estimate of drug-likeness (QED) is 0.103. The van der Waals surface area contributed by atoms with E-state index in [-0.39, 0.29) is 23.8 Å². The molecule has 0 aliphatic carbocycles. The van der Waals surface area contributed by atoms with Crippen molar-refractivity contribution in [1.29, 1.82) is 5.26 Å². The van der Waals surface area contributed by atoms with Crippen LogP contribution in [0.25, 0.3) is 6.08 Å². The Morgan fingerprint density at radius 1 is 1.03 bits per heavy atom. The van der Waals surface area contributed by atoms with Gasteiger partial charge in [-0.25, -0.2) is 0 Å². The predicted octanol–water partition coefficient (Wildman–Crippen LogP) is 5.64. The molecule has 0 radical (unpaired) electrons. The molecule has 0 unspecified atom stereocenters. The van der Waals surface area contributed by atoms with Gasteiger partial charge in [-0.1, -0.05) is 30.3 Å². The number of hydrogen-bond donors (Lipinski definition) is 0. The first-order valence-electron chi connectivity index (χ1n) is 11.4. The first-order valence-corrected chi connectivity index (χ1v) is 13.6. The van der Waals surface area contributed by atoms with Crippen molar-refractivity contribution in [1.82, 2.24) is 4.90 Å². The molecular formula is C27H22I2N4O4. The molecule has 3 aromatic rings. The number of nitro groups is 1. The van der Waals surface area contributed by atoms with Crippen molar-refractivity contribution < 1.29 is 14.5 Å². The van der Waals surface area contributed by atoms with E-state index < -0.39 is 4.92 Å². The summed E-state index contributed by atoms with van der Waals surface area (Å²) in [6.07, 6.45) is 1.61. The molecule has 1 aliphatic heterocycles. The van der Waals surface area contributed by atoms with Crippen molar-refractivity contribution in [2.75, 3.05) is 31.1 Å². The highest BCUT2D eigenvalue weighted by Crippen LogP contribution is 2.31. The summed E-state index contributed by atoms with van der Waals surface area (Å²) in [5.41, 5.74) is 2.65. The summed E-state index contributed by atoms with van der Waals surface area (Å²) in [6, 6.07) is 22.2. The largest absolute Gasteiger partial charge is 0.487 e. The second kappa shape index (κ2) is 12.4. The number of nitrogens with zero attached hydrogens (tertiary/aromatic N) is 4. The third-order valence-electron chi connectivity index (χ3n) is 5.88. The van der Waals surface area contributed by atoms with Crippen molar-refractivity contribution in [3.63, 3.8) is 0 Å². The Morgan fingerprint density at radius 2 is 1.70 bits per heavy atom. The van der Waals surface area contributed by atoms with E-state index in [2.05, 4.69) is 68.3 Å². The second-order valence-electron chi connectivity index (χ2n) is 8.31. The Kier molecular flexibility index (Phi) is 8.99. The monoisotopic (exact) mass is 720 g/mol. The molecule has 8 nitrogen and oxygen atoms in total. The molecular weight excluding hydrogens is 698 g/mol. The third-order valence-corrected chi connectivity index (χ3v) is 7.48. The lowest BCUT2D eigenvalue weighted by Gasteiger charge is -2.36. The van der Waals surface area contributed by atoms with Gasteiger partial charge < -0.3 is 14.5 Å². The summed E-state index contributed by atoms with van der Waals surface area (Å²) in [5, 5.41) is 20.7. The topological polar surface area (TPSA) is 99.7 Å². The van der Waals surface area contributed by atoms with Crippen molar-refractivity contribution in [3.8, 4) is 11.8 Å². The van der Waals surface area contributed by atoms with E-state index in [1.54, 1.807) is 23.1 Å². The minimum atomic E-state index is -0.435. The van der Waals surface area contributed by atoms with Gasteiger partial charge >= 0.3 is 0 Å². The molecule has 0 atom stereocenters. The van der Waals surface area contributed by atoms with Gasteiger partial charge in [-0.3, -0.25) is 14.9 Å². The summed E-state index contributed by atoms with van der Waals surface area (Å²) in [4.78, 5) is 27.6. The zero-order chi connectivity index (χ0) is 26.4. The standard InChI is InChI=1S/C27H22I2N4O4/c28-24-15-20(16-25(29)26(24)37-18-19-5-4-8-23(14-19)33(35)36)13-21(17-30)27(34)32-11-9-31(10-12-32)22-6-2-1-3-7-22/h1-8,13-16H,9-12,18H2/b21-13-. The number of anilines is 1. The molecule has 1 heterocycles. The molecule has 1 fully saturated rings. The van der Waals surface area contributed by atoms with Crippen LogP contribution in [0.4, 0.5) is 11.4 Å². The average molecular weight is 720 g/mol. The highest BCUT2D eigenvalue weighted by Gasteiger charge is 2.24. The number of benzene rings is 3. The minimum Gasteiger partial charge on any atom is -0.487 e. The number of carbonyl (C=O) groups is 1. The van der Waals surface area contributed by atoms with Gasteiger partial charge in [0.1, 0.15) is 24.0 Å². The van der Waals surface area contributed by atoms with Gasteiger partial charge in [-0.2, -0.15) is 5.26 Å². The van der Waals surface area contributed by atoms with Gasteiger partial charge in [0, 0.05) is 44.0 Å². The number of nitro benzene ring substituents is 1. The number of halogens is 2. The fourth-order valence-corrected chi connectivity index (χ4v) is 6.13. The number of ether oxygens (including phenoxy) is 1. The van der Waals surface area contributed by atoms with Gasteiger partial charge in [0.25, 0.3) is 11.6 Å². The van der Waals surface area contributed by atoms with Crippen LogP contribution in [0.3, 0.4) is 0 Å². The predicted molar refractivity (Wildman–Crippen MR) is 158 cm³/mol. The van der Waals surface area contributed by atoms with Crippen LogP contribution in [0.2, 0.25) is 0 Å². The van der Waals surface area contributed by atoms with Crippen molar-refractivity contribution in [2.45, 2.75) is 6.61 Å². The van der Waals surface area contributed by atoms with Crippen LogP contribution in [-0.2, 0) is 11.4 Å². The van der Waals surface area contributed by atoms with Gasteiger partial charge in [-0.15, -0.1) is 0 Å². The highest BCUT2D eigenvalue weighted by molar-refractivity contribution is 14.1. The van der Waals surface area contributed by atoms with Gasteiger partial charge in [-0.05, 0) is 86.7 Å². The summed E-state index contributed by atoms with van der Waals surface area (Å²) in [5.74, 6) is 0.373. The molecule has 0 N–H and O–H groups in total. The van der Waals surface area contributed by atoms with Gasteiger partial charge in [0.15, 0.2) is 0 Å². The highest BCUT2D eigenvalue weighted by atomic mass is 127. The van der Waals surface area contributed by atoms with E-state index in [1.807, 2.05) is 30.3 Å². The fourth-order valence-electron chi connectivity index (χ4n) is 4.00. The summed E-state index contributed by atoms with van der Waals surface area (Å²) in [7, 11) is 0. The molecule has 0 aromatic heterocycles. The molecule has 1 aliphatic rings. The van der Waals surface area contributed by atoms with Crippen molar-refractivity contribution in [3.05, 3.63) is 101 Å². The van der Waals surface area contributed by atoms with Crippen LogP contribution < -0.4 is 9.64 Å². The lowest BCUT2D eigenvalue weighted by atomic mass is 10.1. The van der Waals surface area contributed by atoms with Crippen molar-refractivity contribution >= 4 is 68.5 Å². The fraction of sp³-hybridized carbons (Fsp3) is 0.185.